The van der Waals surface area contributed by atoms with Crippen LogP contribution in [0.1, 0.15) is 6.92 Å². The molecule has 0 N–H and O–H groups in total. The molecule has 2 amide bonds. The lowest BCUT2D eigenvalue weighted by atomic mass is 9.78. The topological polar surface area (TPSA) is 89.8 Å². The molecule has 7 heteroatoms. The summed E-state index contributed by atoms with van der Waals surface area (Å²) in [5, 5.41) is 11.2. The molecule has 2 saturated heterocycles. The molecule has 3 aliphatic heterocycles. The van der Waals surface area contributed by atoms with Gasteiger partial charge in [0.1, 0.15) is 5.69 Å². The smallest absolute Gasteiger partial charge is 0.293 e. The van der Waals surface area contributed by atoms with Crippen molar-refractivity contribution in [2.24, 2.45) is 11.8 Å². The lowest BCUT2D eigenvalue weighted by Gasteiger charge is -2.23. The predicted octanol–water partition coefficient (Wildman–Crippen LogP) is 1.43. The van der Waals surface area contributed by atoms with Crippen molar-refractivity contribution in [3.8, 4) is 0 Å². The third-order valence-corrected chi connectivity index (χ3v) is 4.65. The van der Waals surface area contributed by atoms with Crippen molar-refractivity contribution in [3.05, 3.63) is 46.5 Å². The van der Waals surface area contributed by atoms with Crippen LogP contribution in [0.15, 0.2) is 36.4 Å². The van der Waals surface area contributed by atoms with Gasteiger partial charge in [0.2, 0.25) is 11.8 Å². The zero-order valence-electron chi connectivity index (χ0n) is 11.6. The Hall–Kier alpha value is -2.54. The van der Waals surface area contributed by atoms with E-state index in [1.165, 1.54) is 18.2 Å². The number of para-hydroxylation sites is 2. The fourth-order valence-corrected chi connectivity index (χ4v) is 3.70. The molecule has 112 valence electrons. The molecule has 1 aromatic carbocycles. The van der Waals surface area contributed by atoms with Gasteiger partial charge in [-0.3, -0.25) is 19.7 Å². The maximum absolute atomic E-state index is 12.7. The van der Waals surface area contributed by atoms with E-state index in [0.717, 1.165) is 4.90 Å². The Kier molecular flexibility index (Phi) is 2.40. The van der Waals surface area contributed by atoms with Crippen LogP contribution in [0.25, 0.3) is 0 Å². The number of nitrogens with zero attached hydrogens (tertiary/aromatic N) is 2. The predicted molar refractivity (Wildman–Crippen MR) is 75.0 cm³/mol. The highest BCUT2D eigenvalue weighted by Crippen LogP contribution is 2.52. The molecular weight excluding hydrogens is 288 g/mol. The largest absolute Gasteiger partial charge is 0.362 e. The first-order valence-electron chi connectivity index (χ1n) is 6.92. The SMILES string of the molecule is C[C@@]12C=C[C@@H](O1)[C@@H]1C(=O)N(c3ccccc3[N+](=O)[O-])C(=O)[C@H]12. The Morgan fingerprint density at radius 2 is 2.00 bits per heavy atom. The van der Waals surface area contributed by atoms with Crippen molar-refractivity contribution < 1.29 is 19.2 Å². The third kappa shape index (κ3) is 1.43. The molecule has 22 heavy (non-hydrogen) atoms. The van der Waals surface area contributed by atoms with E-state index in [4.69, 9.17) is 4.74 Å². The molecule has 0 aliphatic carbocycles. The first-order valence-corrected chi connectivity index (χ1v) is 6.92. The molecule has 0 unspecified atom stereocenters. The molecule has 0 saturated carbocycles. The van der Waals surface area contributed by atoms with Crippen LogP contribution in [0.2, 0.25) is 0 Å². The second-order valence-corrected chi connectivity index (χ2v) is 5.89. The summed E-state index contributed by atoms with van der Waals surface area (Å²) in [5.74, 6) is -2.07. The fraction of sp³-hybridized carbons (Fsp3) is 0.333. The molecule has 4 atom stereocenters. The number of amides is 2. The average Bonchev–Trinajstić information content (AvgIpc) is 3.08. The number of rotatable bonds is 2. The van der Waals surface area contributed by atoms with Crippen LogP contribution in [-0.2, 0) is 14.3 Å². The number of hydrogen-bond donors (Lipinski definition) is 0. The minimum absolute atomic E-state index is 0.0277. The second kappa shape index (κ2) is 4.01. The first kappa shape index (κ1) is 13.1. The molecule has 1 aromatic rings. The number of nitro benzene ring substituents is 1. The zero-order chi connectivity index (χ0) is 15.6. The summed E-state index contributed by atoms with van der Waals surface area (Å²) in [5.41, 5.74) is -1.03. The Morgan fingerprint density at radius 1 is 1.27 bits per heavy atom. The number of benzene rings is 1. The van der Waals surface area contributed by atoms with E-state index >= 15 is 0 Å². The van der Waals surface area contributed by atoms with Crippen molar-refractivity contribution in [3.63, 3.8) is 0 Å². The standard InChI is InChI=1S/C15H12N2O5/c1-15-7-6-10(22-15)11-12(15)14(19)16(13(11)18)8-4-2-3-5-9(8)17(20)21/h2-7,10-12H,1H3/t10-,11+,12+,15+/m1/s1. The van der Waals surface area contributed by atoms with E-state index in [0.29, 0.717) is 0 Å². The lowest BCUT2D eigenvalue weighted by molar-refractivity contribution is -0.384. The van der Waals surface area contributed by atoms with Crippen LogP contribution in [0.5, 0.6) is 0 Å². The van der Waals surface area contributed by atoms with Gasteiger partial charge in [-0.1, -0.05) is 24.3 Å². The summed E-state index contributed by atoms with van der Waals surface area (Å²) in [6, 6.07) is 5.79. The number of anilines is 1. The third-order valence-electron chi connectivity index (χ3n) is 4.65. The summed E-state index contributed by atoms with van der Waals surface area (Å²) >= 11 is 0. The summed E-state index contributed by atoms with van der Waals surface area (Å²) in [6.07, 6.45) is 3.15. The molecule has 3 aliphatic rings. The molecule has 7 nitrogen and oxygen atoms in total. The highest BCUT2D eigenvalue weighted by atomic mass is 16.6. The van der Waals surface area contributed by atoms with E-state index in [9.17, 15) is 19.7 Å². The summed E-state index contributed by atoms with van der Waals surface area (Å²) in [4.78, 5) is 36.9. The van der Waals surface area contributed by atoms with Crippen LogP contribution >= 0.6 is 0 Å². The quantitative estimate of drug-likeness (QED) is 0.357. The van der Waals surface area contributed by atoms with Gasteiger partial charge < -0.3 is 4.74 Å². The molecule has 3 heterocycles. The number of fused-ring (bicyclic) bond motifs is 5. The van der Waals surface area contributed by atoms with Gasteiger partial charge in [0.05, 0.1) is 28.5 Å². The highest BCUT2D eigenvalue weighted by molar-refractivity contribution is 6.24. The zero-order valence-corrected chi connectivity index (χ0v) is 11.6. The van der Waals surface area contributed by atoms with Crippen molar-refractivity contribution in [2.45, 2.75) is 18.6 Å². The normalized spacial score (nSPS) is 35.3. The first-order chi connectivity index (χ1) is 10.4. The molecule has 0 aromatic heterocycles. The van der Waals surface area contributed by atoms with Gasteiger partial charge in [-0.15, -0.1) is 0 Å². The van der Waals surface area contributed by atoms with Crippen molar-refractivity contribution >= 4 is 23.2 Å². The van der Waals surface area contributed by atoms with Gasteiger partial charge >= 0.3 is 0 Å². The Morgan fingerprint density at radius 3 is 2.68 bits per heavy atom. The van der Waals surface area contributed by atoms with Crippen LogP contribution in [0.4, 0.5) is 11.4 Å². The summed E-state index contributed by atoms with van der Waals surface area (Å²) in [7, 11) is 0. The van der Waals surface area contributed by atoms with Gasteiger partial charge in [-0.25, -0.2) is 4.90 Å². The van der Waals surface area contributed by atoms with Crippen LogP contribution in [0.3, 0.4) is 0 Å². The molecule has 2 bridgehead atoms. The Balaban J connectivity index is 1.82. The number of ether oxygens (including phenoxy) is 1. The highest BCUT2D eigenvalue weighted by Gasteiger charge is 2.66. The Bertz CT molecular complexity index is 758. The molecule has 4 rings (SSSR count). The minimum atomic E-state index is -0.805. The van der Waals surface area contributed by atoms with E-state index < -0.39 is 40.3 Å². The monoisotopic (exact) mass is 300 g/mol. The maximum Gasteiger partial charge on any atom is 0.293 e. The maximum atomic E-state index is 12.7. The van der Waals surface area contributed by atoms with Gasteiger partial charge in [-0.2, -0.15) is 0 Å². The number of nitro groups is 1. The van der Waals surface area contributed by atoms with E-state index in [1.54, 1.807) is 25.1 Å². The molecule has 2 fully saturated rings. The van der Waals surface area contributed by atoms with Crippen LogP contribution in [-0.4, -0.2) is 28.4 Å². The van der Waals surface area contributed by atoms with Crippen LogP contribution < -0.4 is 4.90 Å². The van der Waals surface area contributed by atoms with E-state index in [-0.39, 0.29) is 11.4 Å². The van der Waals surface area contributed by atoms with Crippen LogP contribution in [0, 0.1) is 22.0 Å². The van der Waals surface area contributed by atoms with Gasteiger partial charge in [-0.05, 0) is 13.0 Å². The molecule has 0 spiro atoms. The van der Waals surface area contributed by atoms with Crippen molar-refractivity contribution in [1.29, 1.82) is 0 Å². The number of imide groups is 1. The number of hydrogen-bond acceptors (Lipinski definition) is 5. The Labute approximate surface area is 125 Å². The summed E-state index contributed by atoms with van der Waals surface area (Å²) in [6.45, 7) is 1.77. The summed E-state index contributed by atoms with van der Waals surface area (Å²) < 4.78 is 5.72. The van der Waals surface area contributed by atoms with Gasteiger partial charge in [0.15, 0.2) is 0 Å². The lowest BCUT2D eigenvalue weighted by Crippen LogP contribution is -2.38. The van der Waals surface area contributed by atoms with Crippen molar-refractivity contribution in [2.75, 3.05) is 4.90 Å². The second-order valence-electron chi connectivity index (χ2n) is 5.89. The number of carbonyl (C=O) groups excluding carboxylic acids is 2. The van der Waals surface area contributed by atoms with Gasteiger partial charge in [0.25, 0.3) is 5.69 Å². The van der Waals surface area contributed by atoms with Gasteiger partial charge in [0, 0.05) is 6.07 Å². The molecule has 0 radical (unpaired) electrons. The van der Waals surface area contributed by atoms with E-state index in [2.05, 4.69) is 0 Å². The average molecular weight is 300 g/mol. The number of carbonyl (C=O) groups is 2. The van der Waals surface area contributed by atoms with Crippen molar-refractivity contribution in [1.82, 2.24) is 0 Å². The molecular formula is C15H12N2O5. The fourth-order valence-electron chi connectivity index (χ4n) is 3.70. The minimum Gasteiger partial charge on any atom is -0.362 e. The van der Waals surface area contributed by atoms with E-state index in [1.807, 2.05) is 0 Å².